The van der Waals surface area contributed by atoms with E-state index >= 15 is 0 Å². The van der Waals surface area contributed by atoms with Gasteiger partial charge in [-0.15, -0.1) is 0 Å². The highest BCUT2D eigenvalue weighted by Crippen LogP contribution is 2.05. The Morgan fingerprint density at radius 3 is 2.56 bits per heavy atom. The summed E-state index contributed by atoms with van der Waals surface area (Å²) in [7, 11) is 0. The molecule has 0 bridgehead atoms. The number of likely N-dealkylation sites (tertiary alicyclic amines) is 1. The van der Waals surface area contributed by atoms with E-state index in [-0.39, 0.29) is 12.5 Å². The molecule has 1 aliphatic rings. The number of amides is 1. The maximum atomic E-state index is 10.8. The average molecular weight is 221 g/mol. The Kier molecular flexibility index (Phi) is 5.50. The topological polar surface area (TPSA) is 59.2 Å². The third-order valence-corrected chi connectivity index (χ3v) is 2.44. The Balaban J connectivity index is 0.000000165. The lowest BCUT2D eigenvalue weighted by atomic mass is 10.3. The summed E-state index contributed by atoms with van der Waals surface area (Å²) >= 11 is 0. The Bertz CT molecular complexity index is 307. The van der Waals surface area contributed by atoms with Crippen LogP contribution in [0.25, 0.3) is 0 Å². The fourth-order valence-corrected chi connectivity index (χ4v) is 1.54. The van der Waals surface area contributed by atoms with Crippen molar-refractivity contribution in [1.82, 2.24) is 9.88 Å². The van der Waals surface area contributed by atoms with Crippen molar-refractivity contribution in [2.45, 2.75) is 19.8 Å². The lowest BCUT2D eigenvalue weighted by molar-refractivity contribution is -0.128. The number of aromatic nitrogens is 1. The maximum absolute atomic E-state index is 10.8. The summed E-state index contributed by atoms with van der Waals surface area (Å²) in [4.78, 5) is 16.5. The third-order valence-electron chi connectivity index (χ3n) is 2.44. The summed E-state index contributed by atoms with van der Waals surface area (Å²) < 4.78 is 0. The van der Waals surface area contributed by atoms with Crippen molar-refractivity contribution in [3.05, 3.63) is 30.1 Å². The number of carbonyl (C=O) groups excluding carboxylic acids is 1. The molecule has 1 fully saturated rings. The molecule has 0 saturated carbocycles. The standard InChI is InChI=1S/C6H12N2O.C6H7N/c7-5-6(9)8-3-1-2-4-8;1-6-3-2-4-7-5-6/h1-5,7H2;2-5H,1H3. The fourth-order valence-electron chi connectivity index (χ4n) is 1.54. The van der Waals surface area contributed by atoms with E-state index in [2.05, 4.69) is 4.98 Å². The van der Waals surface area contributed by atoms with Crippen molar-refractivity contribution >= 4 is 5.91 Å². The quantitative estimate of drug-likeness (QED) is 0.768. The van der Waals surface area contributed by atoms with Crippen LogP contribution in [0.1, 0.15) is 18.4 Å². The summed E-state index contributed by atoms with van der Waals surface area (Å²) in [5.41, 5.74) is 6.37. The average Bonchev–Trinajstić information content (AvgIpc) is 2.83. The smallest absolute Gasteiger partial charge is 0.236 e. The molecule has 1 aliphatic heterocycles. The molecule has 1 aromatic rings. The van der Waals surface area contributed by atoms with Gasteiger partial charge in [0, 0.05) is 25.5 Å². The van der Waals surface area contributed by atoms with Gasteiger partial charge in [-0.1, -0.05) is 6.07 Å². The van der Waals surface area contributed by atoms with E-state index in [0.717, 1.165) is 25.9 Å². The molecule has 2 rings (SSSR count). The Hall–Kier alpha value is -1.42. The number of pyridine rings is 1. The third kappa shape index (κ3) is 4.40. The van der Waals surface area contributed by atoms with Crippen LogP contribution in [0.15, 0.2) is 24.5 Å². The number of carbonyl (C=O) groups is 1. The summed E-state index contributed by atoms with van der Waals surface area (Å²) in [5, 5.41) is 0. The predicted molar refractivity (Wildman–Crippen MR) is 63.8 cm³/mol. The SMILES string of the molecule is Cc1cccnc1.NCC(=O)N1CCCC1. The van der Waals surface area contributed by atoms with Crippen LogP contribution in [0.5, 0.6) is 0 Å². The van der Waals surface area contributed by atoms with Crippen molar-refractivity contribution in [2.75, 3.05) is 19.6 Å². The minimum Gasteiger partial charge on any atom is -0.342 e. The minimum atomic E-state index is 0.0903. The molecule has 1 saturated heterocycles. The highest BCUT2D eigenvalue weighted by Gasteiger charge is 2.15. The van der Waals surface area contributed by atoms with Gasteiger partial charge in [-0.05, 0) is 31.4 Å². The van der Waals surface area contributed by atoms with E-state index in [9.17, 15) is 4.79 Å². The first-order valence-electron chi connectivity index (χ1n) is 5.58. The first-order valence-corrected chi connectivity index (χ1v) is 5.58. The molecular formula is C12H19N3O. The number of hydrogen-bond donors (Lipinski definition) is 1. The Morgan fingerprint density at radius 1 is 1.50 bits per heavy atom. The van der Waals surface area contributed by atoms with Gasteiger partial charge in [-0.25, -0.2) is 0 Å². The molecule has 0 unspecified atom stereocenters. The molecule has 0 radical (unpaired) electrons. The maximum Gasteiger partial charge on any atom is 0.236 e. The molecule has 0 aromatic carbocycles. The lowest BCUT2D eigenvalue weighted by Gasteiger charge is -2.12. The van der Waals surface area contributed by atoms with E-state index < -0.39 is 0 Å². The highest BCUT2D eigenvalue weighted by molar-refractivity contribution is 5.78. The fraction of sp³-hybridized carbons (Fsp3) is 0.500. The molecule has 1 aromatic heterocycles. The van der Waals surface area contributed by atoms with Crippen LogP contribution in [0.4, 0.5) is 0 Å². The number of nitrogens with two attached hydrogens (primary N) is 1. The van der Waals surface area contributed by atoms with Gasteiger partial charge < -0.3 is 10.6 Å². The van der Waals surface area contributed by atoms with Crippen LogP contribution in [0.3, 0.4) is 0 Å². The number of nitrogens with zero attached hydrogens (tertiary/aromatic N) is 2. The van der Waals surface area contributed by atoms with E-state index in [0.29, 0.717) is 0 Å². The summed E-state index contributed by atoms with van der Waals surface area (Å²) in [5.74, 6) is 0.0903. The van der Waals surface area contributed by atoms with Gasteiger partial charge in [0.25, 0.3) is 0 Å². The second-order valence-corrected chi connectivity index (χ2v) is 3.82. The summed E-state index contributed by atoms with van der Waals surface area (Å²) in [6, 6.07) is 3.95. The van der Waals surface area contributed by atoms with E-state index in [4.69, 9.17) is 5.73 Å². The number of rotatable bonds is 1. The van der Waals surface area contributed by atoms with Crippen molar-refractivity contribution in [1.29, 1.82) is 0 Å². The molecule has 0 atom stereocenters. The first-order chi connectivity index (χ1) is 7.74. The van der Waals surface area contributed by atoms with Crippen molar-refractivity contribution in [3.8, 4) is 0 Å². The first kappa shape index (κ1) is 12.6. The second-order valence-electron chi connectivity index (χ2n) is 3.82. The van der Waals surface area contributed by atoms with Crippen LogP contribution < -0.4 is 5.73 Å². The van der Waals surface area contributed by atoms with Crippen molar-refractivity contribution in [2.24, 2.45) is 5.73 Å². The predicted octanol–water partition coefficient (Wildman–Crippen LogP) is 0.958. The number of aryl methyl sites for hydroxylation is 1. The van der Waals surface area contributed by atoms with Crippen LogP contribution in [0.2, 0.25) is 0 Å². The van der Waals surface area contributed by atoms with Crippen molar-refractivity contribution in [3.63, 3.8) is 0 Å². The molecule has 2 N–H and O–H groups in total. The zero-order valence-electron chi connectivity index (χ0n) is 9.72. The monoisotopic (exact) mass is 221 g/mol. The van der Waals surface area contributed by atoms with E-state index in [1.165, 1.54) is 5.56 Å². The van der Waals surface area contributed by atoms with Crippen LogP contribution in [-0.2, 0) is 4.79 Å². The molecule has 88 valence electrons. The van der Waals surface area contributed by atoms with Gasteiger partial charge in [0.2, 0.25) is 5.91 Å². The van der Waals surface area contributed by atoms with Gasteiger partial charge in [0.05, 0.1) is 6.54 Å². The molecule has 1 amide bonds. The van der Waals surface area contributed by atoms with Crippen molar-refractivity contribution < 1.29 is 4.79 Å². The highest BCUT2D eigenvalue weighted by atomic mass is 16.2. The zero-order valence-corrected chi connectivity index (χ0v) is 9.72. The molecule has 0 spiro atoms. The lowest BCUT2D eigenvalue weighted by Crippen LogP contribution is -2.33. The molecule has 16 heavy (non-hydrogen) atoms. The minimum absolute atomic E-state index is 0.0903. The number of hydrogen-bond acceptors (Lipinski definition) is 3. The summed E-state index contributed by atoms with van der Waals surface area (Å²) in [6.45, 7) is 4.01. The summed E-state index contributed by atoms with van der Waals surface area (Å²) in [6.07, 6.45) is 5.89. The van der Waals surface area contributed by atoms with Crippen LogP contribution >= 0.6 is 0 Å². The Morgan fingerprint density at radius 2 is 2.19 bits per heavy atom. The van der Waals surface area contributed by atoms with E-state index in [1.807, 2.05) is 30.2 Å². The zero-order chi connectivity index (χ0) is 11.8. The molecule has 2 heterocycles. The molecule has 4 heteroatoms. The molecule has 0 aliphatic carbocycles. The molecule has 4 nitrogen and oxygen atoms in total. The molecular weight excluding hydrogens is 202 g/mol. The van der Waals surface area contributed by atoms with Gasteiger partial charge in [-0.2, -0.15) is 0 Å². The van der Waals surface area contributed by atoms with Gasteiger partial charge in [-0.3, -0.25) is 9.78 Å². The van der Waals surface area contributed by atoms with Gasteiger partial charge in [0.15, 0.2) is 0 Å². The van der Waals surface area contributed by atoms with Crippen LogP contribution in [-0.4, -0.2) is 35.4 Å². The van der Waals surface area contributed by atoms with Gasteiger partial charge in [0.1, 0.15) is 0 Å². The Labute approximate surface area is 96.5 Å². The second kappa shape index (κ2) is 6.95. The van der Waals surface area contributed by atoms with Crippen LogP contribution in [0, 0.1) is 6.92 Å². The van der Waals surface area contributed by atoms with Gasteiger partial charge >= 0.3 is 0 Å². The van der Waals surface area contributed by atoms with E-state index in [1.54, 1.807) is 6.20 Å². The normalized spacial score (nSPS) is 14.2. The largest absolute Gasteiger partial charge is 0.342 e.